The summed E-state index contributed by atoms with van der Waals surface area (Å²) in [5, 5.41) is 87.6. The predicted molar refractivity (Wildman–Crippen MR) is 387 cm³/mol. The third kappa shape index (κ3) is 46.9. The van der Waals surface area contributed by atoms with Crippen molar-refractivity contribution in [3.05, 3.63) is 60.8 Å². The first-order chi connectivity index (χ1) is 46.1. The van der Waals surface area contributed by atoms with Crippen molar-refractivity contribution in [2.45, 2.75) is 421 Å². The van der Waals surface area contributed by atoms with Gasteiger partial charge in [-0.15, -0.1) is 0 Å². The Morgan fingerprint density at radius 3 is 1.11 bits per heavy atom. The first-order valence-corrected chi connectivity index (χ1v) is 39.5. The minimum atomic E-state index is -1.80. The van der Waals surface area contributed by atoms with Crippen LogP contribution in [0.4, 0.5) is 0 Å². The second kappa shape index (κ2) is 64.1. The van der Waals surface area contributed by atoms with E-state index in [1.165, 1.54) is 263 Å². The van der Waals surface area contributed by atoms with Gasteiger partial charge in [0.05, 0.1) is 32.0 Å². The Morgan fingerprint density at radius 1 is 0.383 bits per heavy atom. The van der Waals surface area contributed by atoms with Crippen molar-refractivity contribution in [3.63, 3.8) is 0 Å². The van der Waals surface area contributed by atoms with Crippen LogP contribution in [0.5, 0.6) is 0 Å². The molecule has 550 valence electrons. The predicted octanol–water partition coefficient (Wildman–Crippen LogP) is 17.6. The zero-order chi connectivity index (χ0) is 68.0. The van der Waals surface area contributed by atoms with Crippen LogP contribution >= 0.6 is 0 Å². The van der Waals surface area contributed by atoms with Crippen molar-refractivity contribution in [2.24, 2.45) is 0 Å². The van der Waals surface area contributed by atoms with E-state index in [9.17, 15) is 45.6 Å². The lowest BCUT2D eigenvalue weighted by Gasteiger charge is -2.46. The number of unbranched alkanes of at least 4 members (excludes halogenated alkanes) is 45. The maximum atomic E-state index is 13.4. The largest absolute Gasteiger partial charge is 0.394 e. The lowest BCUT2D eigenvalue weighted by Crippen LogP contribution is -2.65. The summed E-state index contributed by atoms with van der Waals surface area (Å²) < 4.78 is 22.9. The molecule has 14 nitrogen and oxygen atoms in total. The highest BCUT2D eigenvalue weighted by molar-refractivity contribution is 5.76. The van der Waals surface area contributed by atoms with Crippen LogP contribution in [-0.4, -0.2) is 140 Å². The molecule has 2 aliphatic rings. The number of aliphatic hydroxyl groups excluding tert-OH is 8. The number of carbonyl (C=O) groups is 1. The number of rotatable bonds is 66. The molecule has 2 aliphatic heterocycles. The van der Waals surface area contributed by atoms with E-state index >= 15 is 0 Å². The van der Waals surface area contributed by atoms with Gasteiger partial charge >= 0.3 is 0 Å². The monoisotopic (exact) mass is 1330 g/mol. The van der Waals surface area contributed by atoms with Crippen molar-refractivity contribution in [1.82, 2.24) is 5.32 Å². The number of carbonyl (C=O) groups excluding carboxylic acids is 1. The highest BCUT2D eigenvalue weighted by Gasteiger charge is 2.51. The minimum absolute atomic E-state index is 0.250. The molecule has 9 N–H and O–H groups in total. The standard InChI is InChI=1S/C80H147NO13/c1-3-5-7-9-11-13-15-17-19-21-23-25-27-29-31-32-33-34-35-36-38-39-41-43-45-47-49-51-53-55-57-59-61-63-69(84)68(67-91-79-77(90)75(88)78(71(66-83)93-79)94-80-76(89)74(87)73(86)70(65-82)92-80)81-72(85)64-62-60-58-56-54-52-50-48-46-44-42-40-37-30-28-26-24-22-20-18-16-14-12-10-8-6-4-2/h16,18,22,24,45,47,53,55,61,63,68-71,73-80,82-84,86-90H,3-15,17,19-21,23,25-44,46,48-52,54,56-60,62,64-67H2,1-2H3,(H,81,85)/b18-16-,24-22-,47-45+,55-53+,63-61+. The molecule has 14 heteroatoms. The molecule has 94 heavy (non-hydrogen) atoms. The Bertz CT molecular complexity index is 1810. The molecule has 0 aromatic carbocycles. The van der Waals surface area contributed by atoms with Gasteiger partial charge in [-0.05, 0) is 77.0 Å². The Hall–Kier alpha value is -2.31. The van der Waals surface area contributed by atoms with Crippen LogP contribution in [0, 0.1) is 0 Å². The van der Waals surface area contributed by atoms with Crippen LogP contribution in [0.15, 0.2) is 60.8 Å². The quantitative estimate of drug-likeness (QED) is 0.0204. The van der Waals surface area contributed by atoms with Crippen LogP contribution in [0.2, 0.25) is 0 Å². The number of hydrogen-bond acceptors (Lipinski definition) is 13. The summed E-state index contributed by atoms with van der Waals surface area (Å²) in [6.07, 6.45) is 70.2. The fourth-order valence-corrected chi connectivity index (χ4v) is 12.9. The number of aliphatic hydroxyl groups is 8. The van der Waals surface area contributed by atoms with Crippen LogP contribution in [-0.2, 0) is 23.7 Å². The van der Waals surface area contributed by atoms with Crippen LogP contribution in [0.3, 0.4) is 0 Å². The summed E-state index contributed by atoms with van der Waals surface area (Å²) in [5.41, 5.74) is 0. The van der Waals surface area contributed by atoms with Gasteiger partial charge in [0.15, 0.2) is 12.6 Å². The fraction of sp³-hybridized carbons (Fsp3) is 0.863. The second-order valence-corrected chi connectivity index (χ2v) is 27.8. The van der Waals surface area contributed by atoms with Crippen molar-refractivity contribution in [2.75, 3.05) is 19.8 Å². The van der Waals surface area contributed by atoms with Gasteiger partial charge in [-0.1, -0.05) is 325 Å². The average Bonchev–Trinajstić information content (AvgIpc) is 0.794. The highest BCUT2D eigenvalue weighted by Crippen LogP contribution is 2.30. The third-order valence-electron chi connectivity index (χ3n) is 19.2. The zero-order valence-corrected chi connectivity index (χ0v) is 60.2. The molecule has 12 atom stereocenters. The zero-order valence-electron chi connectivity index (χ0n) is 60.2. The molecule has 12 unspecified atom stereocenters. The van der Waals surface area contributed by atoms with Gasteiger partial charge in [0.25, 0.3) is 0 Å². The number of amides is 1. The van der Waals surface area contributed by atoms with E-state index in [2.05, 4.69) is 67.8 Å². The molecule has 1 amide bonds. The van der Waals surface area contributed by atoms with Crippen molar-refractivity contribution in [3.8, 4) is 0 Å². The lowest BCUT2D eigenvalue weighted by molar-refractivity contribution is -0.359. The van der Waals surface area contributed by atoms with E-state index in [-0.39, 0.29) is 18.9 Å². The Morgan fingerprint density at radius 2 is 0.713 bits per heavy atom. The maximum absolute atomic E-state index is 13.4. The van der Waals surface area contributed by atoms with Gasteiger partial charge in [0, 0.05) is 6.42 Å². The molecule has 2 saturated heterocycles. The van der Waals surface area contributed by atoms with Crippen LogP contribution in [0.25, 0.3) is 0 Å². The van der Waals surface area contributed by atoms with Gasteiger partial charge < -0.3 is 65.1 Å². The Balaban J connectivity index is 1.65. The van der Waals surface area contributed by atoms with Gasteiger partial charge in [-0.2, -0.15) is 0 Å². The van der Waals surface area contributed by atoms with Crippen molar-refractivity contribution < 1.29 is 64.6 Å². The molecule has 2 fully saturated rings. The minimum Gasteiger partial charge on any atom is -0.394 e. The van der Waals surface area contributed by atoms with Crippen molar-refractivity contribution in [1.29, 1.82) is 0 Å². The maximum Gasteiger partial charge on any atom is 0.220 e. The van der Waals surface area contributed by atoms with E-state index in [4.69, 9.17) is 18.9 Å². The fourth-order valence-electron chi connectivity index (χ4n) is 12.9. The molecular formula is C80H147NO13. The summed E-state index contributed by atoms with van der Waals surface area (Å²) in [4.78, 5) is 13.4. The first kappa shape index (κ1) is 87.8. The molecule has 0 spiro atoms. The lowest BCUT2D eigenvalue weighted by atomic mass is 9.97. The van der Waals surface area contributed by atoms with Crippen molar-refractivity contribution >= 4 is 5.91 Å². The Labute approximate surface area is 575 Å². The molecule has 0 saturated carbocycles. The van der Waals surface area contributed by atoms with E-state index in [0.29, 0.717) is 12.8 Å². The molecule has 0 bridgehead atoms. The molecule has 0 aromatic heterocycles. The molecule has 0 aromatic rings. The second-order valence-electron chi connectivity index (χ2n) is 27.8. The summed E-state index contributed by atoms with van der Waals surface area (Å²) in [7, 11) is 0. The van der Waals surface area contributed by atoms with Gasteiger partial charge in [-0.25, -0.2) is 0 Å². The third-order valence-corrected chi connectivity index (χ3v) is 19.2. The highest BCUT2D eigenvalue weighted by atomic mass is 16.7. The Kier molecular flexibility index (Phi) is 59.8. The number of allylic oxidation sites excluding steroid dienone is 9. The van der Waals surface area contributed by atoms with Gasteiger partial charge in [0.1, 0.15) is 48.8 Å². The smallest absolute Gasteiger partial charge is 0.220 e. The van der Waals surface area contributed by atoms with E-state index in [0.717, 1.165) is 51.4 Å². The number of nitrogens with one attached hydrogen (secondary N) is 1. The molecular weight excluding hydrogens is 1180 g/mol. The first-order valence-electron chi connectivity index (χ1n) is 39.5. The summed E-state index contributed by atoms with van der Waals surface area (Å²) in [5.74, 6) is -0.250. The van der Waals surface area contributed by atoms with Gasteiger partial charge in [0.2, 0.25) is 5.91 Å². The van der Waals surface area contributed by atoms with E-state index in [1.54, 1.807) is 6.08 Å². The SMILES string of the molecule is CCCCCCC/C=C\C/C=C\CCCCCCCCCCCCCCCCCC(=O)NC(COC1OC(CO)C(OC2OC(CO)C(O)C(O)C2O)C(O)C1O)C(O)/C=C/CC/C=C/CC/C=C/CCCCCCCCCCCCCCCCCCCCCCCCC. The molecule has 2 heterocycles. The topological polar surface area (TPSA) is 228 Å². The summed E-state index contributed by atoms with van der Waals surface area (Å²) in [6, 6.07) is -0.942. The van der Waals surface area contributed by atoms with Gasteiger partial charge in [-0.3, -0.25) is 4.79 Å². The summed E-state index contributed by atoms with van der Waals surface area (Å²) in [6.45, 7) is 2.81. The molecule has 0 aliphatic carbocycles. The van der Waals surface area contributed by atoms with E-state index in [1.807, 2.05) is 6.08 Å². The van der Waals surface area contributed by atoms with Crippen LogP contribution < -0.4 is 5.32 Å². The molecule has 2 rings (SSSR count). The molecule has 0 radical (unpaired) electrons. The number of ether oxygens (including phenoxy) is 4. The normalized spacial score (nSPS) is 22.7. The number of hydrogen-bond donors (Lipinski definition) is 9. The van der Waals surface area contributed by atoms with Crippen LogP contribution in [0.1, 0.15) is 348 Å². The average molecular weight is 1330 g/mol. The van der Waals surface area contributed by atoms with E-state index < -0.39 is 86.8 Å². The summed E-state index contributed by atoms with van der Waals surface area (Å²) >= 11 is 0.